The van der Waals surface area contributed by atoms with Gasteiger partial charge in [0.1, 0.15) is 0 Å². The molecule has 0 aliphatic heterocycles. The summed E-state index contributed by atoms with van der Waals surface area (Å²) in [4.78, 5) is 0. The third-order valence-electron chi connectivity index (χ3n) is 3.10. The van der Waals surface area contributed by atoms with E-state index in [1.807, 2.05) is 0 Å². The number of rotatable bonds is 1. The van der Waals surface area contributed by atoms with Crippen LogP contribution in [0.4, 0.5) is 0 Å². The minimum atomic E-state index is 0.593. The fraction of sp³-hybridized carbons (Fsp3) is 0.0667. The fourth-order valence-corrected chi connectivity index (χ4v) is 2.28. The molecule has 78 valence electrons. The first-order valence-electron chi connectivity index (χ1n) is 5.49. The number of benzene rings is 3. The topological polar surface area (TPSA) is 26.0 Å². The first-order chi connectivity index (χ1) is 7.90. The maximum Gasteiger partial charge on any atom is 0.0184 e. The molecule has 0 saturated carbocycles. The molecule has 3 rings (SSSR count). The lowest BCUT2D eigenvalue weighted by Crippen LogP contribution is -1.96. The van der Waals surface area contributed by atoms with E-state index in [0.717, 1.165) is 0 Å². The summed E-state index contributed by atoms with van der Waals surface area (Å²) >= 11 is 0. The molecule has 3 aromatic rings. The molecule has 0 saturated heterocycles. The quantitative estimate of drug-likeness (QED) is 0.608. The molecule has 0 unspecified atom stereocenters. The monoisotopic (exact) mass is 207 g/mol. The van der Waals surface area contributed by atoms with E-state index in [-0.39, 0.29) is 0 Å². The Labute approximate surface area is 94.5 Å². The average molecular weight is 207 g/mol. The highest BCUT2D eigenvalue weighted by Crippen LogP contribution is 2.27. The molecule has 0 fully saturated rings. The summed E-state index contributed by atoms with van der Waals surface area (Å²) in [6, 6.07) is 19.1. The van der Waals surface area contributed by atoms with Gasteiger partial charge in [0.05, 0.1) is 0 Å². The van der Waals surface area contributed by atoms with Crippen molar-refractivity contribution in [3.05, 3.63) is 60.2 Å². The molecule has 0 spiro atoms. The molecule has 0 heterocycles. The smallest absolute Gasteiger partial charge is 0.0184 e. The maximum atomic E-state index is 5.76. The van der Waals surface area contributed by atoms with Crippen molar-refractivity contribution in [2.45, 2.75) is 6.54 Å². The molecule has 0 bridgehead atoms. The number of hydrogen-bond acceptors (Lipinski definition) is 1. The summed E-state index contributed by atoms with van der Waals surface area (Å²) in [6.45, 7) is 0.593. The molecule has 0 aliphatic rings. The van der Waals surface area contributed by atoms with E-state index < -0.39 is 0 Å². The first-order valence-corrected chi connectivity index (χ1v) is 5.49. The van der Waals surface area contributed by atoms with E-state index in [0.29, 0.717) is 6.54 Å². The highest BCUT2D eigenvalue weighted by molar-refractivity contribution is 6.08. The molecule has 2 N–H and O–H groups in total. The van der Waals surface area contributed by atoms with Crippen LogP contribution in [0, 0.1) is 0 Å². The second-order valence-electron chi connectivity index (χ2n) is 4.00. The predicted molar refractivity (Wildman–Crippen MR) is 69.3 cm³/mol. The molecule has 16 heavy (non-hydrogen) atoms. The van der Waals surface area contributed by atoms with Crippen LogP contribution in [0.1, 0.15) is 5.56 Å². The highest BCUT2D eigenvalue weighted by atomic mass is 14.5. The minimum absolute atomic E-state index is 0.593. The summed E-state index contributed by atoms with van der Waals surface area (Å²) in [5.74, 6) is 0. The summed E-state index contributed by atoms with van der Waals surface area (Å²) < 4.78 is 0. The van der Waals surface area contributed by atoms with Gasteiger partial charge in [0.15, 0.2) is 0 Å². The van der Waals surface area contributed by atoms with Crippen molar-refractivity contribution in [2.24, 2.45) is 5.73 Å². The van der Waals surface area contributed by atoms with E-state index in [2.05, 4.69) is 54.6 Å². The van der Waals surface area contributed by atoms with Gasteiger partial charge in [-0.15, -0.1) is 0 Å². The van der Waals surface area contributed by atoms with Crippen LogP contribution in [0.2, 0.25) is 0 Å². The molecule has 1 nitrogen and oxygen atoms in total. The lowest BCUT2D eigenvalue weighted by atomic mass is 9.98. The molecule has 0 atom stereocenters. The molecular formula is C15H13N. The van der Waals surface area contributed by atoms with Crippen molar-refractivity contribution < 1.29 is 0 Å². The molecule has 0 aromatic heterocycles. The van der Waals surface area contributed by atoms with Crippen molar-refractivity contribution in [1.29, 1.82) is 0 Å². The van der Waals surface area contributed by atoms with Gasteiger partial charge in [-0.3, -0.25) is 0 Å². The van der Waals surface area contributed by atoms with Crippen molar-refractivity contribution >= 4 is 21.5 Å². The van der Waals surface area contributed by atoms with Gasteiger partial charge in [-0.2, -0.15) is 0 Å². The van der Waals surface area contributed by atoms with Crippen LogP contribution >= 0.6 is 0 Å². The molecule has 3 aromatic carbocycles. The predicted octanol–water partition coefficient (Wildman–Crippen LogP) is 3.45. The van der Waals surface area contributed by atoms with Crippen LogP contribution in [0.3, 0.4) is 0 Å². The van der Waals surface area contributed by atoms with Gasteiger partial charge in [0.2, 0.25) is 0 Å². The lowest BCUT2D eigenvalue weighted by Gasteiger charge is -2.07. The van der Waals surface area contributed by atoms with E-state index in [9.17, 15) is 0 Å². The van der Waals surface area contributed by atoms with E-state index in [4.69, 9.17) is 5.73 Å². The number of nitrogens with two attached hydrogens (primary N) is 1. The largest absolute Gasteiger partial charge is 0.326 e. The van der Waals surface area contributed by atoms with E-state index in [1.54, 1.807) is 0 Å². The number of fused-ring (bicyclic) bond motifs is 3. The third-order valence-corrected chi connectivity index (χ3v) is 3.10. The Bertz CT molecular complexity index is 656. The van der Waals surface area contributed by atoms with Crippen LogP contribution in [-0.2, 0) is 6.54 Å². The molecule has 0 radical (unpaired) electrons. The summed E-state index contributed by atoms with van der Waals surface area (Å²) in [5, 5.41) is 5.14. The summed E-state index contributed by atoms with van der Waals surface area (Å²) in [6.07, 6.45) is 0. The Kier molecular flexibility index (Phi) is 2.12. The Morgan fingerprint density at radius 3 is 2.38 bits per heavy atom. The second-order valence-corrected chi connectivity index (χ2v) is 4.00. The van der Waals surface area contributed by atoms with Crippen molar-refractivity contribution in [3.63, 3.8) is 0 Å². The zero-order chi connectivity index (χ0) is 11.0. The minimum Gasteiger partial charge on any atom is -0.326 e. The highest BCUT2D eigenvalue weighted by Gasteiger charge is 2.02. The van der Waals surface area contributed by atoms with Gasteiger partial charge < -0.3 is 5.73 Å². The van der Waals surface area contributed by atoms with Crippen molar-refractivity contribution in [2.75, 3.05) is 0 Å². The average Bonchev–Trinajstić information content (AvgIpc) is 2.37. The number of hydrogen-bond donors (Lipinski definition) is 1. The SMILES string of the molecule is NCc1cccc2c1ccc1ccccc12. The normalized spacial score (nSPS) is 11.1. The maximum absolute atomic E-state index is 5.76. The fourth-order valence-electron chi connectivity index (χ4n) is 2.28. The Morgan fingerprint density at radius 1 is 0.688 bits per heavy atom. The van der Waals surface area contributed by atoms with Gasteiger partial charge in [-0.1, -0.05) is 54.6 Å². The van der Waals surface area contributed by atoms with Crippen molar-refractivity contribution in [1.82, 2.24) is 0 Å². The molecule has 0 amide bonds. The van der Waals surface area contributed by atoms with Crippen LogP contribution < -0.4 is 5.73 Å². The lowest BCUT2D eigenvalue weighted by molar-refractivity contribution is 1.09. The van der Waals surface area contributed by atoms with E-state index in [1.165, 1.54) is 27.1 Å². The third kappa shape index (κ3) is 1.29. The van der Waals surface area contributed by atoms with Crippen LogP contribution in [0.5, 0.6) is 0 Å². The zero-order valence-corrected chi connectivity index (χ0v) is 8.98. The summed E-state index contributed by atoms with van der Waals surface area (Å²) in [5.41, 5.74) is 6.97. The van der Waals surface area contributed by atoms with Gasteiger partial charge in [0.25, 0.3) is 0 Å². The van der Waals surface area contributed by atoms with Crippen LogP contribution in [0.15, 0.2) is 54.6 Å². The second kappa shape index (κ2) is 3.62. The first kappa shape index (κ1) is 9.37. The zero-order valence-electron chi connectivity index (χ0n) is 8.98. The summed E-state index contributed by atoms with van der Waals surface area (Å²) in [7, 11) is 0. The van der Waals surface area contributed by atoms with Gasteiger partial charge in [0, 0.05) is 6.54 Å². The van der Waals surface area contributed by atoms with Crippen LogP contribution in [0.25, 0.3) is 21.5 Å². The van der Waals surface area contributed by atoms with Crippen LogP contribution in [-0.4, -0.2) is 0 Å². The van der Waals surface area contributed by atoms with Gasteiger partial charge in [-0.05, 0) is 27.1 Å². The Balaban J connectivity index is 2.52. The Morgan fingerprint density at radius 2 is 1.50 bits per heavy atom. The van der Waals surface area contributed by atoms with E-state index >= 15 is 0 Å². The van der Waals surface area contributed by atoms with Gasteiger partial charge in [-0.25, -0.2) is 0 Å². The Hall–Kier alpha value is -1.86. The van der Waals surface area contributed by atoms with Gasteiger partial charge >= 0.3 is 0 Å². The molecular weight excluding hydrogens is 194 g/mol. The standard InChI is InChI=1S/C15H13N/c16-10-12-5-3-7-15-13-6-2-1-4-11(13)8-9-14(12)15/h1-9H,10,16H2. The molecule has 1 heteroatoms. The van der Waals surface area contributed by atoms with Crippen molar-refractivity contribution in [3.8, 4) is 0 Å². The molecule has 0 aliphatic carbocycles.